The van der Waals surface area contributed by atoms with Gasteiger partial charge in [0.2, 0.25) is 5.60 Å². The van der Waals surface area contributed by atoms with Crippen LogP contribution in [0.2, 0.25) is 0 Å². The van der Waals surface area contributed by atoms with Crippen LogP contribution in [-0.4, -0.2) is 45.1 Å². The zero-order chi connectivity index (χ0) is 9.52. The molecule has 1 fully saturated rings. The summed E-state index contributed by atoms with van der Waals surface area (Å²) < 4.78 is 4.33. The van der Waals surface area contributed by atoms with Crippen LogP contribution in [-0.2, 0) is 14.3 Å². The van der Waals surface area contributed by atoms with Crippen molar-refractivity contribution in [2.45, 2.75) is 24.7 Å². The number of cyclic esters (lactones) is 1. The summed E-state index contributed by atoms with van der Waals surface area (Å²) in [6.45, 7) is 1.20. The molecule has 0 saturated carbocycles. The molecule has 0 aromatic heterocycles. The van der Waals surface area contributed by atoms with Crippen molar-refractivity contribution in [2.75, 3.05) is 0 Å². The van der Waals surface area contributed by atoms with E-state index in [0.29, 0.717) is 0 Å². The molecule has 0 aromatic rings. The summed E-state index contributed by atoms with van der Waals surface area (Å²) in [4.78, 5) is 21.1. The summed E-state index contributed by atoms with van der Waals surface area (Å²) in [6.07, 6.45) is -3.25. The molecule has 3 atom stereocenters. The van der Waals surface area contributed by atoms with Crippen LogP contribution in [0.25, 0.3) is 0 Å². The normalized spacial score (nSPS) is 41.1. The Bertz CT molecular complexity index is 236. The number of aliphatic hydroxyl groups is 2. The van der Waals surface area contributed by atoms with E-state index < -0.39 is 29.7 Å². The Labute approximate surface area is 67.4 Å². The second kappa shape index (κ2) is 2.43. The van der Waals surface area contributed by atoms with Crippen LogP contribution in [0.5, 0.6) is 0 Å². The molecular weight excluding hydrogens is 168 g/mol. The number of rotatable bonds is 1. The number of hydrogen-bond acceptors (Lipinski definition) is 5. The fourth-order valence-electron chi connectivity index (χ4n) is 1.02. The molecule has 1 saturated heterocycles. The number of carboxylic acid groups (broad SMARTS) is 1. The SMILES string of the molecule is CC1OC(=O)C(O)C1(O)C(=O)O. The molecular formula is C6H8O6. The van der Waals surface area contributed by atoms with Crippen molar-refractivity contribution in [1.82, 2.24) is 0 Å². The maximum atomic E-state index is 10.6. The van der Waals surface area contributed by atoms with Gasteiger partial charge in [-0.05, 0) is 6.92 Å². The van der Waals surface area contributed by atoms with Gasteiger partial charge in [-0.3, -0.25) is 0 Å². The second-order valence-electron chi connectivity index (χ2n) is 2.61. The van der Waals surface area contributed by atoms with E-state index in [1.54, 1.807) is 0 Å². The van der Waals surface area contributed by atoms with E-state index in [-0.39, 0.29) is 0 Å². The van der Waals surface area contributed by atoms with Crippen LogP contribution in [0.15, 0.2) is 0 Å². The molecule has 6 heteroatoms. The lowest BCUT2D eigenvalue weighted by Gasteiger charge is -2.20. The Morgan fingerprint density at radius 2 is 2.17 bits per heavy atom. The van der Waals surface area contributed by atoms with Crippen molar-refractivity contribution < 1.29 is 29.6 Å². The van der Waals surface area contributed by atoms with Gasteiger partial charge in [-0.2, -0.15) is 0 Å². The van der Waals surface area contributed by atoms with Gasteiger partial charge in [-0.1, -0.05) is 0 Å². The molecule has 0 spiro atoms. The van der Waals surface area contributed by atoms with Crippen LogP contribution < -0.4 is 0 Å². The highest BCUT2D eigenvalue weighted by Gasteiger charge is 2.59. The highest BCUT2D eigenvalue weighted by molar-refractivity contribution is 5.91. The average Bonchev–Trinajstić information content (AvgIpc) is 2.16. The first-order chi connectivity index (χ1) is 5.40. The van der Waals surface area contributed by atoms with E-state index in [1.165, 1.54) is 6.92 Å². The van der Waals surface area contributed by atoms with Gasteiger partial charge in [0.25, 0.3) is 0 Å². The largest absolute Gasteiger partial charge is 0.479 e. The van der Waals surface area contributed by atoms with Crippen LogP contribution >= 0.6 is 0 Å². The maximum absolute atomic E-state index is 10.6. The minimum absolute atomic E-state index is 1.12. The van der Waals surface area contributed by atoms with Crippen molar-refractivity contribution in [3.8, 4) is 0 Å². The second-order valence-corrected chi connectivity index (χ2v) is 2.61. The lowest BCUT2D eigenvalue weighted by atomic mass is 9.94. The van der Waals surface area contributed by atoms with E-state index in [9.17, 15) is 14.7 Å². The Morgan fingerprint density at radius 1 is 1.67 bits per heavy atom. The summed E-state index contributed by atoms with van der Waals surface area (Å²) in [5.74, 6) is -2.79. The van der Waals surface area contributed by atoms with Gasteiger partial charge in [0.05, 0.1) is 0 Å². The van der Waals surface area contributed by atoms with E-state index in [1.807, 2.05) is 0 Å². The fourth-order valence-corrected chi connectivity index (χ4v) is 1.02. The highest BCUT2D eigenvalue weighted by atomic mass is 16.6. The standard InChI is InChI=1S/C6H8O6/c1-2-6(11,5(9)10)3(7)4(8)12-2/h2-3,7,11H,1H3,(H,9,10). The lowest BCUT2D eigenvalue weighted by molar-refractivity contribution is -0.172. The lowest BCUT2D eigenvalue weighted by Crippen LogP contribution is -2.53. The number of esters is 1. The molecule has 6 nitrogen and oxygen atoms in total. The van der Waals surface area contributed by atoms with Gasteiger partial charge in [0, 0.05) is 0 Å². The zero-order valence-corrected chi connectivity index (χ0v) is 6.22. The summed E-state index contributed by atoms with van der Waals surface area (Å²) in [6, 6.07) is 0. The van der Waals surface area contributed by atoms with E-state index in [0.717, 1.165) is 0 Å². The first-order valence-electron chi connectivity index (χ1n) is 3.25. The fraction of sp³-hybridized carbons (Fsp3) is 0.667. The molecule has 1 aliphatic heterocycles. The van der Waals surface area contributed by atoms with Gasteiger partial charge in [-0.25, -0.2) is 9.59 Å². The molecule has 3 N–H and O–H groups in total. The van der Waals surface area contributed by atoms with Crippen LogP contribution in [0.4, 0.5) is 0 Å². The summed E-state index contributed by atoms with van der Waals surface area (Å²) in [7, 11) is 0. The quantitative estimate of drug-likeness (QED) is 0.403. The third kappa shape index (κ3) is 0.886. The molecule has 0 amide bonds. The van der Waals surface area contributed by atoms with E-state index >= 15 is 0 Å². The number of aliphatic carboxylic acids is 1. The third-order valence-corrected chi connectivity index (χ3v) is 1.90. The van der Waals surface area contributed by atoms with Crippen LogP contribution in [0.1, 0.15) is 6.92 Å². The smallest absolute Gasteiger partial charge is 0.343 e. The minimum atomic E-state index is -2.52. The molecule has 0 aliphatic carbocycles. The van der Waals surface area contributed by atoms with Gasteiger partial charge >= 0.3 is 11.9 Å². The molecule has 1 aliphatic rings. The van der Waals surface area contributed by atoms with E-state index in [2.05, 4.69) is 4.74 Å². The highest BCUT2D eigenvalue weighted by Crippen LogP contribution is 2.27. The van der Waals surface area contributed by atoms with Crippen LogP contribution in [0, 0.1) is 0 Å². The molecule has 12 heavy (non-hydrogen) atoms. The van der Waals surface area contributed by atoms with Crippen molar-refractivity contribution in [3.05, 3.63) is 0 Å². The number of hydrogen-bond donors (Lipinski definition) is 3. The van der Waals surface area contributed by atoms with Crippen molar-refractivity contribution in [3.63, 3.8) is 0 Å². The number of ether oxygens (including phenoxy) is 1. The Hall–Kier alpha value is -1.14. The summed E-state index contributed by atoms with van der Waals surface area (Å²) in [5, 5.41) is 26.7. The monoisotopic (exact) mass is 176 g/mol. The van der Waals surface area contributed by atoms with Gasteiger partial charge in [0.15, 0.2) is 6.10 Å². The average molecular weight is 176 g/mol. The Kier molecular flexibility index (Phi) is 1.81. The molecule has 0 aromatic carbocycles. The van der Waals surface area contributed by atoms with Crippen LogP contribution in [0.3, 0.4) is 0 Å². The zero-order valence-electron chi connectivity index (χ0n) is 6.22. The Morgan fingerprint density at radius 3 is 2.33 bits per heavy atom. The third-order valence-electron chi connectivity index (χ3n) is 1.90. The molecule has 3 unspecified atom stereocenters. The molecule has 0 radical (unpaired) electrons. The van der Waals surface area contributed by atoms with Crippen molar-refractivity contribution in [2.24, 2.45) is 0 Å². The molecule has 0 bridgehead atoms. The number of carbonyl (C=O) groups is 2. The topological polar surface area (TPSA) is 104 Å². The number of aliphatic hydroxyl groups excluding tert-OH is 1. The predicted molar refractivity (Wildman–Crippen MR) is 34.1 cm³/mol. The van der Waals surface area contributed by atoms with Crippen molar-refractivity contribution >= 4 is 11.9 Å². The first-order valence-corrected chi connectivity index (χ1v) is 3.25. The van der Waals surface area contributed by atoms with Gasteiger partial charge in [-0.15, -0.1) is 0 Å². The molecule has 1 heterocycles. The van der Waals surface area contributed by atoms with Crippen molar-refractivity contribution in [1.29, 1.82) is 0 Å². The Balaban J connectivity index is 3.03. The van der Waals surface area contributed by atoms with Gasteiger partial charge in [0.1, 0.15) is 6.10 Å². The minimum Gasteiger partial charge on any atom is -0.479 e. The summed E-state index contributed by atoms with van der Waals surface area (Å²) >= 11 is 0. The van der Waals surface area contributed by atoms with Gasteiger partial charge < -0.3 is 20.1 Å². The summed E-state index contributed by atoms with van der Waals surface area (Å²) in [5.41, 5.74) is -2.52. The maximum Gasteiger partial charge on any atom is 0.343 e. The first kappa shape index (κ1) is 8.95. The number of carbonyl (C=O) groups excluding carboxylic acids is 1. The molecule has 1 rings (SSSR count). The van der Waals surface area contributed by atoms with E-state index in [4.69, 9.17) is 10.2 Å². The molecule has 68 valence electrons. The predicted octanol–water partition coefficient (Wildman–Crippen LogP) is -1.89. The number of carboxylic acids is 1.